The zero-order valence-corrected chi connectivity index (χ0v) is 10.1. The van der Waals surface area contributed by atoms with Crippen molar-refractivity contribution in [3.8, 4) is 17.2 Å². The third-order valence-electron chi connectivity index (χ3n) is 2.33. The lowest BCUT2D eigenvalue weighted by Gasteiger charge is -2.10. The molecule has 2 rings (SSSR count). The average Bonchev–Trinajstić information content (AvgIpc) is 2.28. The van der Waals surface area contributed by atoms with Crippen LogP contribution in [-0.2, 0) is 0 Å². The molecule has 0 aliphatic heterocycles. The molecule has 0 saturated carbocycles. The Balaban J connectivity index is 2.22. The second kappa shape index (κ2) is 4.93. The van der Waals surface area contributed by atoms with Crippen molar-refractivity contribution in [3.05, 3.63) is 48.0 Å². The molecule has 0 saturated heterocycles. The van der Waals surface area contributed by atoms with E-state index in [2.05, 4.69) is 5.32 Å². The minimum absolute atomic E-state index is 0.0311. The van der Waals surface area contributed by atoms with Crippen LogP contribution in [0.25, 0.3) is 0 Å². The van der Waals surface area contributed by atoms with Gasteiger partial charge in [0.25, 0.3) is 0 Å². The first-order valence-electron chi connectivity index (χ1n) is 5.18. The lowest BCUT2D eigenvalue weighted by atomic mass is 10.2. The van der Waals surface area contributed by atoms with E-state index in [9.17, 15) is 15.3 Å². The number of hydrogen-bond donors (Lipinski definition) is 4. The average molecular weight is 261 g/mol. The number of nitrogens with one attached hydrogen (secondary N) is 1. The fraction of sp³-hybridized carbons (Fsp3) is 0. The molecule has 0 spiro atoms. The molecule has 0 atom stereocenters. The molecule has 92 valence electrons. The van der Waals surface area contributed by atoms with Crippen molar-refractivity contribution in [2.24, 2.45) is 0 Å². The summed E-state index contributed by atoms with van der Waals surface area (Å²) in [6, 6.07) is 10.6. The van der Waals surface area contributed by atoms with Gasteiger partial charge in [-0.1, -0.05) is 18.3 Å². The van der Waals surface area contributed by atoms with Gasteiger partial charge < -0.3 is 20.6 Å². The summed E-state index contributed by atoms with van der Waals surface area (Å²) in [6.45, 7) is 0. The first-order chi connectivity index (χ1) is 8.56. The van der Waals surface area contributed by atoms with Gasteiger partial charge >= 0.3 is 0 Å². The molecule has 0 heterocycles. The largest absolute Gasteiger partial charge is 0.508 e. The van der Waals surface area contributed by atoms with E-state index in [-0.39, 0.29) is 17.2 Å². The van der Waals surface area contributed by atoms with Crippen LogP contribution in [0.2, 0.25) is 0 Å². The van der Waals surface area contributed by atoms with Crippen LogP contribution in [-0.4, -0.2) is 20.3 Å². The second-order valence-corrected chi connectivity index (χ2v) is 4.11. The fourth-order valence-corrected chi connectivity index (χ4v) is 1.78. The van der Waals surface area contributed by atoms with Gasteiger partial charge in [0.05, 0.1) is 5.56 Å². The fourth-order valence-electron chi connectivity index (χ4n) is 1.49. The van der Waals surface area contributed by atoms with Crippen LogP contribution in [0.5, 0.6) is 17.2 Å². The van der Waals surface area contributed by atoms with Gasteiger partial charge in [0.2, 0.25) is 0 Å². The summed E-state index contributed by atoms with van der Waals surface area (Å²) in [7, 11) is 0. The van der Waals surface area contributed by atoms with Gasteiger partial charge in [-0.15, -0.1) is 0 Å². The monoisotopic (exact) mass is 261 g/mol. The number of thiocarbonyl (C=S) groups is 1. The zero-order valence-electron chi connectivity index (χ0n) is 9.29. The maximum atomic E-state index is 9.66. The highest BCUT2D eigenvalue weighted by atomic mass is 32.1. The Morgan fingerprint density at radius 3 is 2.33 bits per heavy atom. The molecule has 5 heteroatoms. The normalized spacial score (nSPS) is 10.0. The lowest BCUT2D eigenvalue weighted by Crippen LogP contribution is -2.10. The Hall–Kier alpha value is -2.27. The molecule has 0 radical (unpaired) electrons. The topological polar surface area (TPSA) is 72.7 Å². The summed E-state index contributed by atoms with van der Waals surface area (Å²) in [6.07, 6.45) is 0. The molecule has 2 aromatic rings. The van der Waals surface area contributed by atoms with Crippen LogP contribution < -0.4 is 5.32 Å². The van der Waals surface area contributed by atoms with Crippen molar-refractivity contribution in [1.29, 1.82) is 0 Å². The molecule has 0 unspecified atom stereocenters. The van der Waals surface area contributed by atoms with Crippen LogP contribution in [0.3, 0.4) is 0 Å². The Kier molecular flexibility index (Phi) is 3.34. The van der Waals surface area contributed by atoms with E-state index >= 15 is 0 Å². The van der Waals surface area contributed by atoms with Crippen molar-refractivity contribution in [2.45, 2.75) is 0 Å². The predicted molar refractivity (Wildman–Crippen MR) is 73.2 cm³/mol. The van der Waals surface area contributed by atoms with Crippen LogP contribution in [0, 0.1) is 0 Å². The predicted octanol–water partition coefficient (Wildman–Crippen LogP) is 2.59. The molecule has 4 N–H and O–H groups in total. The van der Waals surface area contributed by atoms with Gasteiger partial charge in [0.1, 0.15) is 22.2 Å². The summed E-state index contributed by atoms with van der Waals surface area (Å²) in [5.41, 5.74) is 1.03. The van der Waals surface area contributed by atoms with Crippen LogP contribution in [0.1, 0.15) is 5.56 Å². The van der Waals surface area contributed by atoms with Crippen molar-refractivity contribution >= 4 is 22.9 Å². The molecule has 18 heavy (non-hydrogen) atoms. The number of phenolic OH excluding ortho intramolecular Hbond substituents is 3. The van der Waals surface area contributed by atoms with E-state index in [4.69, 9.17) is 12.2 Å². The SMILES string of the molecule is Oc1cccc(NC(=S)c2ccc(O)cc2O)c1. The quantitative estimate of drug-likeness (QED) is 0.625. The molecule has 0 amide bonds. The van der Waals surface area contributed by atoms with E-state index < -0.39 is 0 Å². The number of benzene rings is 2. The van der Waals surface area contributed by atoms with Gasteiger partial charge in [-0.3, -0.25) is 0 Å². The van der Waals surface area contributed by atoms with Gasteiger partial charge in [-0.05, 0) is 24.3 Å². The molecule has 0 aliphatic carbocycles. The lowest BCUT2D eigenvalue weighted by molar-refractivity contribution is 0.450. The maximum Gasteiger partial charge on any atom is 0.129 e. The summed E-state index contributed by atoms with van der Waals surface area (Å²) in [5.74, 6) is -0.0122. The molecular weight excluding hydrogens is 250 g/mol. The number of phenols is 3. The Bertz CT molecular complexity index is 599. The summed E-state index contributed by atoms with van der Waals surface area (Å²) in [5, 5.41) is 31.1. The number of anilines is 1. The van der Waals surface area contributed by atoms with E-state index in [1.165, 1.54) is 24.3 Å². The molecule has 0 bridgehead atoms. The third-order valence-corrected chi connectivity index (χ3v) is 2.65. The zero-order chi connectivity index (χ0) is 13.1. The molecule has 0 fully saturated rings. The molecule has 2 aromatic carbocycles. The van der Waals surface area contributed by atoms with Gasteiger partial charge in [-0.25, -0.2) is 0 Å². The Morgan fingerprint density at radius 2 is 1.67 bits per heavy atom. The second-order valence-electron chi connectivity index (χ2n) is 3.71. The highest BCUT2D eigenvalue weighted by molar-refractivity contribution is 7.81. The molecule has 4 nitrogen and oxygen atoms in total. The summed E-state index contributed by atoms with van der Waals surface area (Å²) >= 11 is 5.14. The minimum atomic E-state index is -0.104. The smallest absolute Gasteiger partial charge is 0.129 e. The van der Waals surface area contributed by atoms with E-state index in [0.717, 1.165) is 0 Å². The van der Waals surface area contributed by atoms with Crippen molar-refractivity contribution in [3.63, 3.8) is 0 Å². The highest BCUT2D eigenvalue weighted by Crippen LogP contribution is 2.24. The van der Waals surface area contributed by atoms with Crippen LogP contribution in [0.4, 0.5) is 5.69 Å². The van der Waals surface area contributed by atoms with Crippen LogP contribution >= 0.6 is 12.2 Å². The number of aromatic hydroxyl groups is 3. The Morgan fingerprint density at radius 1 is 0.944 bits per heavy atom. The van der Waals surface area contributed by atoms with E-state index in [1.807, 2.05) is 0 Å². The first kappa shape index (κ1) is 12.2. The molecular formula is C13H11NO3S. The van der Waals surface area contributed by atoms with E-state index in [1.54, 1.807) is 18.2 Å². The van der Waals surface area contributed by atoms with Gasteiger partial charge in [-0.2, -0.15) is 0 Å². The van der Waals surface area contributed by atoms with Crippen molar-refractivity contribution in [2.75, 3.05) is 5.32 Å². The first-order valence-corrected chi connectivity index (χ1v) is 5.59. The number of hydrogen-bond acceptors (Lipinski definition) is 4. The van der Waals surface area contributed by atoms with Crippen LogP contribution in [0.15, 0.2) is 42.5 Å². The summed E-state index contributed by atoms with van der Waals surface area (Å²) in [4.78, 5) is 0.304. The van der Waals surface area contributed by atoms with E-state index in [0.29, 0.717) is 16.2 Å². The van der Waals surface area contributed by atoms with Crippen molar-refractivity contribution < 1.29 is 15.3 Å². The summed E-state index contributed by atoms with van der Waals surface area (Å²) < 4.78 is 0. The highest BCUT2D eigenvalue weighted by Gasteiger charge is 2.08. The maximum absolute atomic E-state index is 9.66. The third kappa shape index (κ3) is 2.70. The van der Waals surface area contributed by atoms with Gasteiger partial charge in [0, 0.05) is 17.8 Å². The van der Waals surface area contributed by atoms with Gasteiger partial charge in [0.15, 0.2) is 0 Å². The number of rotatable bonds is 2. The molecule has 0 aromatic heterocycles. The Labute approximate surface area is 109 Å². The van der Waals surface area contributed by atoms with Crippen molar-refractivity contribution in [1.82, 2.24) is 0 Å². The minimum Gasteiger partial charge on any atom is -0.508 e. The molecule has 0 aliphatic rings. The standard InChI is InChI=1S/C13H11NO3S/c15-9-3-1-2-8(6-9)14-13(18)11-5-4-10(16)7-12(11)17/h1-7,15-17H,(H,14,18).